The SMILES string of the molecule is CC(CCCO)Nc1ccc2c(c1)OCO2. The third-order valence-electron chi connectivity index (χ3n) is 2.58. The molecule has 0 aromatic heterocycles. The Bertz CT molecular complexity index is 354. The van der Waals surface area contributed by atoms with Crippen LogP contribution < -0.4 is 14.8 Å². The van der Waals surface area contributed by atoms with E-state index in [-0.39, 0.29) is 6.61 Å². The van der Waals surface area contributed by atoms with Crippen LogP contribution in [0.25, 0.3) is 0 Å². The fraction of sp³-hybridized carbons (Fsp3) is 0.500. The van der Waals surface area contributed by atoms with Gasteiger partial charge in [0.15, 0.2) is 11.5 Å². The second-order valence-corrected chi connectivity index (χ2v) is 3.98. The summed E-state index contributed by atoms with van der Waals surface area (Å²) in [6.07, 6.45) is 1.77. The van der Waals surface area contributed by atoms with Crippen molar-refractivity contribution in [1.82, 2.24) is 0 Å². The highest BCUT2D eigenvalue weighted by molar-refractivity contribution is 5.55. The standard InChI is InChI=1S/C12H17NO3/c1-9(3-2-6-14)13-10-4-5-11-12(7-10)16-8-15-11/h4-5,7,9,13-14H,2-3,6,8H2,1H3. The number of hydrogen-bond acceptors (Lipinski definition) is 4. The molecule has 0 fully saturated rings. The van der Waals surface area contributed by atoms with Crippen LogP contribution in [-0.4, -0.2) is 24.5 Å². The molecular weight excluding hydrogens is 206 g/mol. The van der Waals surface area contributed by atoms with E-state index < -0.39 is 0 Å². The van der Waals surface area contributed by atoms with E-state index in [1.165, 1.54) is 0 Å². The number of nitrogens with one attached hydrogen (secondary N) is 1. The lowest BCUT2D eigenvalue weighted by Gasteiger charge is -2.14. The molecule has 1 atom stereocenters. The molecule has 1 unspecified atom stereocenters. The lowest BCUT2D eigenvalue weighted by molar-refractivity contribution is 0.174. The van der Waals surface area contributed by atoms with Crippen molar-refractivity contribution in [1.29, 1.82) is 0 Å². The van der Waals surface area contributed by atoms with E-state index in [2.05, 4.69) is 12.2 Å². The molecule has 0 amide bonds. The number of aliphatic hydroxyl groups is 1. The van der Waals surface area contributed by atoms with Gasteiger partial charge in [-0.15, -0.1) is 0 Å². The van der Waals surface area contributed by atoms with Gasteiger partial charge < -0.3 is 19.9 Å². The van der Waals surface area contributed by atoms with Crippen LogP contribution in [0.15, 0.2) is 18.2 Å². The highest BCUT2D eigenvalue weighted by Gasteiger charge is 2.13. The molecule has 88 valence electrons. The van der Waals surface area contributed by atoms with Crippen molar-refractivity contribution in [2.75, 3.05) is 18.7 Å². The Balaban J connectivity index is 1.94. The molecule has 1 aliphatic heterocycles. The summed E-state index contributed by atoms with van der Waals surface area (Å²) in [5.74, 6) is 1.59. The maximum atomic E-state index is 8.74. The summed E-state index contributed by atoms with van der Waals surface area (Å²) in [6, 6.07) is 6.16. The Kier molecular flexibility index (Phi) is 3.51. The first-order valence-electron chi connectivity index (χ1n) is 5.56. The van der Waals surface area contributed by atoms with Crippen LogP contribution in [0, 0.1) is 0 Å². The molecule has 1 heterocycles. The number of aliphatic hydroxyl groups excluding tert-OH is 1. The van der Waals surface area contributed by atoms with Gasteiger partial charge in [0, 0.05) is 24.4 Å². The first-order chi connectivity index (χ1) is 7.79. The van der Waals surface area contributed by atoms with E-state index in [0.29, 0.717) is 12.8 Å². The summed E-state index contributed by atoms with van der Waals surface area (Å²) in [5.41, 5.74) is 1.02. The second kappa shape index (κ2) is 5.07. The molecule has 2 rings (SSSR count). The zero-order valence-corrected chi connectivity index (χ0v) is 9.40. The smallest absolute Gasteiger partial charge is 0.231 e. The Labute approximate surface area is 95.2 Å². The molecule has 4 heteroatoms. The molecule has 0 radical (unpaired) electrons. The lowest BCUT2D eigenvalue weighted by atomic mass is 10.1. The number of anilines is 1. The lowest BCUT2D eigenvalue weighted by Crippen LogP contribution is -2.15. The minimum Gasteiger partial charge on any atom is -0.454 e. The van der Waals surface area contributed by atoms with Crippen molar-refractivity contribution in [2.45, 2.75) is 25.8 Å². The Hall–Kier alpha value is -1.42. The zero-order valence-electron chi connectivity index (χ0n) is 9.40. The molecule has 1 aromatic carbocycles. The molecule has 0 spiro atoms. The predicted molar refractivity (Wildman–Crippen MR) is 62.0 cm³/mol. The Morgan fingerprint density at radius 2 is 2.19 bits per heavy atom. The second-order valence-electron chi connectivity index (χ2n) is 3.98. The molecule has 16 heavy (non-hydrogen) atoms. The van der Waals surface area contributed by atoms with Gasteiger partial charge in [-0.3, -0.25) is 0 Å². The molecule has 0 aliphatic carbocycles. The number of rotatable bonds is 5. The minimum atomic E-state index is 0.243. The van der Waals surface area contributed by atoms with Gasteiger partial charge in [0.1, 0.15) is 0 Å². The number of hydrogen-bond donors (Lipinski definition) is 2. The Morgan fingerprint density at radius 3 is 3.00 bits per heavy atom. The van der Waals surface area contributed by atoms with E-state index in [9.17, 15) is 0 Å². The molecule has 0 bridgehead atoms. The summed E-state index contributed by atoms with van der Waals surface area (Å²) >= 11 is 0. The van der Waals surface area contributed by atoms with Crippen LogP contribution in [0.5, 0.6) is 11.5 Å². The molecular formula is C12H17NO3. The van der Waals surface area contributed by atoms with Crippen LogP contribution in [0.2, 0.25) is 0 Å². The van der Waals surface area contributed by atoms with Gasteiger partial charge in [0.05, 0.1) is 0 Å². The van der Waals surface area contributed by atoms with E-state index in [1.54, 1.807) is 0 Å². The first kappa shape index (κ1) is 11.1. The fourth-order valence-electron chi connectivity index (χ4n) is 1.74. The summed E-state index contributed by atoms with van der Waals surface area (Å²) in [5, 5.41) is 12.1. The third kappa shape index (κ3) is 2.58. The quantitative estimate of drug-likeness (QED) is 0.801. The number of benzene rings is 1. The highest BCUT2D eigenvalue weighted by Crippen LogP contribution is 2.34. The topological polar surface area (TPSA) is 50.7 Å². The third-order valence-corrected chi connectivity index (χ3v) is 2.58. The van der Waals surface area contributed by atoms with E-state index in [0.717, 1.165) is 30.0 Å². The van der Waals surface area contributed by atoms with Crippen molar-refractivity contribution in [2.24, 2.45) is 0 Å². The van der Waals surface area contributed by atoms with E-state index in [4.69, 9.17) is 14.6 Å². The van der Waals surface area contributed by atoms with Gasteiger partial charge in [0.2, 0.25) is 6.79 Å². The fourth-order valence-corrected chi connectivity index (χ4v) is 1.74. The highest BCUT2D eigenvalue weighted by atomic mass is 16.7. The van der Waals surface area contributed by atoms with Crippen molar-refractivity contribution >= 4 is 5.69 Å². The van der Waals surface area contributed by atoms with Crippen LogP contribution in [0.4, 0.5) is 5.69 Å². The number of fused-ring (bicyclic) bond motifs is 1. The van der Waals surface area contributed by atoms with Gasteiger partial charge in [-0.25, -0.2) is 0 Å². The number of ether oxygens (including phenoxy) is 2. The largest absolute Gasteiger partial charge is 0.454 e. The van der Waals surface area contributed by atoms with E-state index >= 15 is 0 Å². The molecule has 1 aliphatic rings. The molecule has 4 nitrogen and oxygen atoms in total. The predicted octanol–water partition coefficient (Wildman–Crippen LogP) is 1.99. The van der Waals surface area contributed by atoms with Crippen LogP contribution >= 0.6 is 0 Å². The first-order valence-corrected chi connectivity index (χ1v) is 5.56. The van der Waals surface area contributed by atoms with Crippen LogP contribution in [-0.2, 0) is 0 Å². The van der Waals surface area contributed by atoms with Gasteiger partial charge in [-0.1, -0.05) is 0 Å². The monoisotopic (exact) mass is 223 g/mol. The zero-order chi connectivity index (χ0) is 11.4. The molecule has 2 N–H and O–H groups in total. The maximum Gasteiger partial charge on any atom is 0.231 e. The summed E-state index contributed by atoms with van der Waals surface area (Å²) < 4.78 is 10.5. The molecule has 1 aromatic rings. The van der Waals surface area contributed by atoms with Gasteiger partial charge in [-0.05, 0) is 31.9 Å². The maximum absolute atomic E-state index is 8.74. The van der Waals surface area contributed by atoms with Crippen molar-refractivity contribution in [3.63, 3.8) is 0 Å². The average Bonchev–Trinajstić information content (AvgIpc) is 2.73. The average molecular weight is 223 g/mol. The van der Waals surface area contributed by atoms with Crippen LogP contribution in [0.3, 0.4) is 0 Å². The van der Waals surface area contributed by atoms with Crippen molar-refractivity contribution in [3.8, 4) is 11.5 Å². The molecule has 0 saturated heterocycles. The Morgan fingerprint density at radius 1 is 1.38 bits per heavy atom. The summed E-state index contributed by atoms with van der Waals surface area (Å²) in [4.78, 5) is 0. The molecule has 0 saturated carbocycles. The van der Waals surface area contributed by atoms with Crippen molar-refractivity contribution < 1.29 is 14.6 Å². The van der Waals surface area contributed by atoms with Gasteiger partial charge in [-0.2, -0.15) is 0 Å². The van der Waals surface area contributed by atoms with Crippen molar-refractivity contribution in [3.05, 3.63) is 18.2 Å². The van der Waals surface area contributed by atoms with E-state index in [1.807, 2.05) is 18.2 Å². The summed E-state index contributed by atoms with van der Waals surface area (Å²) in [7, 11) is 0. The minimum absolute atomic E-state index is 0.243. The summed E-state index contributed by atoms with van der Waals surface area (Å²) in [6.45, 7) is 2.65. The van der Waals surface area contributed by atoms with Crippen LogP contribution in [0.1, 0.15) is 19.8 Å². The normalized spacial score (nSPS) is 14.9. The van der Waals surface area contributed by atoms with Gasteiger partial charge in [0.25, 0.3) is 0 Å². The van der Waals surface area contributed by atoms with Gasteiger partial charge >= 0.3 is 0 Å².